The van der Waals surface area contributed by atoms with E-state index in [2.05, 4.69) is 0 Å². The highest BCUT2D eigenvalue weighted by atomic mass is 16.7. The second-order valence-electron chi connectivity index (χ2n) is 6.17. The molecule has 1 saturated heterocycles. The summed E-state index contributed by atoms with van der Waals surface area (Å²) in [6, 6.07) is 4.22. The standard InChI is InChI=1S/C14H18BNO6/c1-9(17)20-12-8-10(6-7-11(12)16(18)19)15-21-13(2,3)14(4,5)22-15/h6-8H,1-5H3. The van der Waals surface area contributed by atoms with Gasteiger partial charge in [-0.2, -0.15) is 0 Å². The van der Waals surface area contributed by atoms with Gasteiger partial charge in [0.05, 0.1) is 16.1 Å². The van der Waals surface area contributed by atoms with Crippen LogP contribution in [0.1, 0.15) is 34.6 Å². The summed E-state index contributed by atoms with van der Waals surface area (Å²) in [5, 5.41) is 11.0. The van der Waals surface area contributed by atoms with E-state index in [0.717, 1.165) is 0 Å². The van der Waals surface area contributed by atoms with E-state index in [1.807, 2.05) is 27.7 Å². The number of esters is 1. The van der Waals surface area contributed by atoms with Gasteiger partial charge in [0.2, 0.25) is 5.75 Å². The largest absolute Gasteiger partial charge is 0.494 e. The Morgan fingerprint density at radius 1 is 1.23 bits per heavy atom. The van der Waals surface area contributed by atoms with Gasteiger partial charge in [-0.25, -0.2) is 0 Å². The van der Waals surface area contributed by atoms with Crippen LogP contribution in [-0.4, -0.2) is 29.2 Å². The van der Waals surface area contributed by atoms with Crippen LogP contribution < -0.4 is 10.2 Å². The van der Waals surface area contributed by atoms with Gasteiger partial charge in [0.25, 0.3) is 0 Å². The zero-order chi connectivity index (χ0) is 16.7. The van der Waals surface area contributed by atoms with Crippen molar-refractivity contribution in [3.05, 3.63) is 28.3 Å². The van der Waals surface area contributed by atoms with Crippen molar-refractivity contribution >= 4 is 24.2 Å². The Kier molecular flexibility index (Phi) is 4.01. The molecule has 0 amide bonds. The molecule has 2 rings (SSSR count). The van der Waals surface area contributed by atoms with Crippen molar-refractivity contribution in [1.82, 2.24) is 0 Å². The van der Waals surface area contributed by atoms with Gasteiger partial charge >= 0.3 is 18.8 Å². The zero-order valence-corrected chi connectivity index (χ0v) is 13.2. The molecule has 7 nitrogen and oxygen atoms in total. The minimum Gasteiger partial charge on any atom is -0.419 e. The van der Waals surface area contributed by atoms with Crippen molar-refractivity contribution in [3.63, 3.8) is 0 Å². The van der Waals surface area contributed by atoms with Crippen LogP contribution in [0.2, 0.25) is 0 Å². The maximum atomic E-state index is 11.1. The molecule has 8 heteroatoms. The number of carbonyl (C=O) groups excluding carboxylic acids is 1. The van der Waals surface area contributed by atoms with Gasteiger partial charge in [0.15, 0.2) is 0 Å². The third-order valence-corrected chi connectivity index (χ3v) is 3.96. The fourth-order valence-corrected chi connectivity index (χ4v) is 2.04. The van der Waals surface area contributed by atoms with Crippen molar-refractivity contribution in [1.29, 1.82) is 0 Å². The van der Waals surface area contributed by atoms with Gasteiger partial charge in [-0.15, -0.1) is 0 Å². The second-order valence-corrected chi connectivity index (χ2v) is 6.17. The number of hydrogen-bond acceptors (Lipinski definition) is 6. The molecular formula is C14H18BNO6. The second kappa shape index (κ2) is 5.37. The fraction of sp³-hybridized carbons (Fsp3) is 0.500. The first-order chi connectivity index (χ1) is 10.0. The molecule has 0 unspecified atom stereocenters. The lowest BCUT2D eigenvalue weighted by molar-refractivity contribution is -0.385. The van der Waals surface area contributed by atoms with Gasteiger partial charge in [-0.05, 0) is 39.2 Å². The van der Waals surface area contributed by atoms with Crippen LogP contribution >= 0.6 is 0 Å². The molecule has 0 aliphatic carbocycles. The minimum absolute atomic E-state index is 0.121. The average molecular weight is 307 g/mol. The van der Waals surface area contributed by atoms with Crippen LogP contribution in [0.4, 0.5) is 5.69 Å². The molecular weight excluding hydrogens is 289 g/mol. The average Bonchev–Trinajstić information content (AvgIpc) is 2.57. The molecule has 0 bridgehead atoms. The molecule has 1 aliphatic rings. The van der Waals surface area contributed by atoms with Gasteiger partial charge < -0.3 is 14.0 Å². The van der Waals surface area contributed by atoms with Crippen LogP contribution in [0, 0.1) is 10.1 Å². The highest BCUT2D eigenvalue weighted by molar-refractivity contribution is 6.62. The molecule has 1 aromatic rings. The molecule has 0 spiro atoms. The monoisotopic (exact) mass is 307 g/mol. The van der Waals surface area contributed by atoms with E-state index in [4.69, 9.17) is 14.0 Å². The lowest BCUT2D eigenvalue weighted by atomic mass is 9.79. The van der Waals surface area contributed by atoms with E-state index < -0.39 is 29.2 Å². The number of nitro benzene ring substituents is 1. The summed E-state index contributed by atoms with van der Waals surface area (Å²) in [5.41, 5.74) is -0.779. The summed E-state index contributed by atoms with van der Waals surface area (Å²) in [6.07, 6.45) is 0. The number of rotatable bonds is 3. The molecule has 0 saturated carbocycles. The summed E-state index contributed by atoms with van der Waals surface area (Å²) < 4.78 is 16.7. The molecule has 0 aromatic heterocycles. The van der Waals surface area contributed by atoms with Crippen LogP contribution in [0.15, 0.2) is 18.2 Å². The molecule has 1 aromatic carbocycles. The highest BCUT2D eigenvalue weighted by Crippen LogP contribution is 2.37. The number of nitrogens with zero attached hydrogens (tertiary/aromatic N) is 1. The van der Waals surface area contributed by atoms with Crippen molar-refractivity contribution < 1.29 is 23.8 Å². The Bertz CT molecular complexity index is 612. The van der Waals surface area contributed by atoms with E-state index in [9.17, 15) is 14.9 Å². The van der Waals surface area contributed by atoms with Gasteiger partial charge in [-0.1, -0.05) is 6.07 Å². The molecule has 1 heterocycles. The maximum Gasteiger partial charge on any atom is 0.494 e. The summed E-state index contributed by atoms with van der Waals surface area (Å²) >= 11 is 0. The maximum absolute atomic E-state index is 11.1. The Morgan fingerprint density at radius 3 is 2.23 bits per heavy atom. The molecule has 0 atom stereocenters. The normalized spacial score (nSPS) is 19.0. The molecule has 0 radical (unpaired) electrons. The van der Waals surface area contributed by atoms with E-state index in [-0.39, 0.29) is 11.4 Å². The minimum atomic E-state index is -0.680. The summed E-state index contributed by atoms with van der Waals surface area (Å²) in [4.78, 5) is 21.5. The van der Waals surface area contributed by atoms with Crippen LogP contribution in [0.3, 0.4) is 0 Å². The van der Waals surface area contributed by atoms with Crippen LogP contribution in [0.25, 0.3) is 0 Å². The first-order valence-electron chi connectivity index (χ1n) is 6.86. The lowest BCUT2D eigenvalue weighted by Crippen LogP contribution is -2.41. The predicted octanol–water partition coefficient (Wildman–Crippen LogP) is 1.82. The lowest BCUT2D eigenvalue weighted by Gasteiger charge is -2.32. The topological polar surface area (TPSA) is 87.9 Å². The smallest absolute Gasteiger partial charge is 0.419 e. The van der Waals surface area contributed by atoms with E-state index >= 15 is 0 Å². The fourth-order valence-electron chi connectivity index (χ4n) is 2.04. The predicted molar refractivity (Wildman–Crippen MR) is 80.1 cm³/mol. The summed E-state index contributed by atoms with van der Waals surface area (Å²) in [6.45, 7) is 8.82. The van der Waals surface area contributed by atoms with Gasteiger partial charge in [0, 0.05) is 13.0 Å². The summed E-state index contributed by atoms with van der Waals surface area (Å²) in [5.74, 6) is -0.751. The number of carbonyl (C=O) groups is 1. The number of ether oxygens (including phenoxy) is 1. The number of nitro groups is 1. The molecule has 22 heavy (non-hydrogen) atoms. The van der Waals surface area contributed by atoms with Crippen LogP contribution in [-0.2, 0) is 14.1 Å². The van der Waals surface area contributed by atoms with Gasteiger partial charge in [0.1, 0.15) is 0 Å². The third-order valence-electron chi connectivity index (χ3n) is 3.96. The van der Waals surface area contributed by atoms with E-state index in [1.54, 1.807) is 0 Å². The third kappa shape index (κ3) is 2.98. The Morgan fingerprint density at radius 2 is 1.77 bits per heavy atom. The summed E-state index contributed by atoms with van der Waals surface area (Å²) in [7, 11) is -0.680. The first kappa shape index (κ1) is 16.4. The number of hydrogen-bond donors (Lipinski definition) is 0. The molecule has 1 fully saturated rings. The van der Waals surface area contributed by atoms with E-state index in [1.165, 1.54) is 25.1 Å². The van der Waals surface area contributed by atoms with E-state index in [0.29, 0.717) is 5.46 Å². The van der Waals surface area contributed by atoms with Crippen molar-refractivity contribution in [2.75, 3.05) is 0 Å². The van der Waals surface area contributed by atoms with Gasteiger partial charge in [-0.3, -0.25) is 14.9 Å². The van der Waals surface area contributed by atoms with Crippen molar-refractivity contribution in [3.8, 4) is 5.75 Å². The Hall–Kier alpha value is -1.93. The Labute approximate surface area is 128 Å². The SMILES string of the molecule is CC(=O)Oc1cc(B2OC(C)(C)C(C)(C)O2)ccc1[N+](=O)[O-]. The quantitative estimate of drug-likeness (QED) is 0.278. The van der Waals surface area contributed by atoms with Crippen molar-refractivity contribution in [2.24, 2.45) is 0 Å². The molecule has 0 N–H and O–H groups in total. The van der Waals surface area contributed by atoms with Crippen molar-refractivity contribution in [2.45, 2.75) is 45.8 Å². The molecule has 1 aliphatic heterocycles. The molecule has 118 valence electrons. The first-order valence-corrected chi connectivity index (χ1v) is 6.86. The number of benzene rings is 1. The zero-order valence-electron chi connectivity index (χ0n) is 13.2. The highest BCUT2D eigenvalue weighted by Gasteiger charge is 2.51. The van der Waals surface area contributed by atoms with Crippen LogP contribution in [0.5, 0.6) is 5.75 Å². The Balaban J connectivity index is 2.38.